The Kier molecular flexibility index (Phi) is 14.8. The summed E-state index contributed by atoms with van der Waals surface area (Å²) in [5, 5.41) is 0. The van der Waals surface area contributed by atoms with Gasteiger partial charge < -0.3 is 0 Å². The smallest absolute Gasteiger partial charge is 0.269 e. The Bertz CT molecular complexity index is 234. The van der Waals surface area contributed by atoms with Crippen LogP contribution in [0, 0.1) is 6.08 Å². The normalized spacial score (nSPS) is 16.7. The third-order valence-corrected chi connectivity index (χ3v) is 1.77. The number of rotatable bonds is 4. The predicted molar refractivity (Wildman–Crippen MR) is 55.4 cm³/mol. The minimum absolute atomic E-state index is 0. The zero-order chi connectivity index (χ0) is 9.84. The van der Waals surface area contributed by atoms with E-state index >= 15 is 0 Å². The maximum Gasteiger partial charge on any atom is 0.272 e. The van der Waals surface area contributed by atoms with Crippen molar-refractivity contribution in [1.82, 2.24) is 0 Å². The standard InChI is InChI=1S/C9H9F4.2ClH.Zr/c10-7(8(11)9(12)13)5-6-3-1-2-4-6;;;/h1,3,7-9H,2,5H2;2*1H;/q-1;;;. The zero-order valence-corrected chi connectivity index (χ0v) is 12.2. The second kappa shape index (κ2) is 10.8. The van der Waals surface area contributed by atoms with Crippen LogP contribution in [0.3, 0.4) is 0 Å². The van der Waals surface area contributed by atoms with Crippen molar-refractivity contribution in [1.29, 1.82) is 0 Å². The van der Waals surface area contributed by atoms with Crippen LogP contribution in [-0.4, -0.2) is 18.8 Å². The van der Waals surface area contributed by atoms with E-state index in [1.165, 1.54) is 0 Å². The summed E-state index contributed by atoms with van der Waals surface area (Å²) in [4.78, 5) is 0. The van der Waals surface area contributed by atoms with E-state index in [1.807, 2.05) is 0 Å². The summed E-state index contributed by atoms with van der Waals surface area (Å²) in [7, 11) is 0. The number of hydrogen-bond acceptors (Lipinski definition) is 0. The first kappa shape index (κ1) is 21.9. The molecule has 0 spiro atoms. The summed E-state index contributed by atoms with van der Waals surface area (Å²) in [5.41, 5.74) is 0.468. The molecule has 0 nitrogen and oxygen atoms in total. The minimum Gasteiger partial charge on any atom is -0.269 e. The molecule has 7 heteroatoms. The molecule has 0 aromatic heterocycles. The van der Waals surface area contributed by atoms with Gasteiger partial charge in [-0.2, -0.15) is 6.08 Å². The second-order valence-corrected chi connectivity index (χ2v) is 2.81. The van der Waals surface area contributed by atoms with Gasteiger partial charge in [0, 0.05) is 26.2 Å². The van der Waals surface area contributed by atoms with Crippen molar-refractivity contribution >= 4 is 24.8 Å². The van der Waals surface area contributed by atoms with E-state index in [4.69, 9.17) is 0 Å². The fourth-order valence-corrected chi connectivity index (χ4v) is 1.07. The molecular weight excluding hydrogens is 346 g/mol. The number of hydrogen-bond donors (Lipinski definition) is 0. The molecule has 0 heterocycles. The van der Waals surface area contributed by atoms with E-state index < -0.39 is 18.8 Å². The van der Waals surface area contributed by atoms with Crippen molar-refractivity contribution < 1.29 is 43.8 Å². The van der Waals surface area contributed by atoms with Gasteiger partial charge in [0.1, 0.15) is 6.17 Å². The van der Waals surface area contributed by atoms with Crippen molar-refractivity contribution in [3.63, 3.8) is 0 Å². The summed E-state index contributed by atoms with van der Waals surface area (Å²) in [6.07, 6.45) is -1.81. The average Bonchev–Trinajstić information content (AvgIpc) is 2.55. The quantitative estimate of drug-likeness (QED) is 0.530. The molecule has 1 aliphatic rings. The maximum atomic E-state index is 12.7. The molecule has 0 saturated carbocycles. The van der Waals surface area contributed by atoms with Gasteiger partial charge in [-0.1, -0.05) is 0 Å². The summed E-state index contributed by atoms with van der Waals surface area (Å²) in [5.74, 6) is 0. The molecule has 0 radical (unpaired) electrons. The maximum absolute atomic E-state index is 12.7. The van der Waals surface area contributed by atoms with Gasteiger partial charge in [0.15, 0.2) is 6.17 Å². The summed E-state index contributed by atoms with van der Waals surface area (Å²) < 4.78 is 48.5. The summed E-state index contributed by atoms with van der Waals surface area (Å²) >= 11 is 0. The van der Waals surface area contributed by atoms with Gasteiger partial charge in [0.2, 0.25) is 0 Å². The van der Waals surface area contributed by atoms with Crippen LogP contribution in [0.4, 0.5) is 17.6 Å². The fraction of sp³-hybridized carbons (Fsp3) is 0.556. The second-order valence-electron chi connectivity index (χ2n) is 2.81. The van der Waals surface area contributed by atoms with Gasteiger partial charge in [-0.25, -0.2) is 29.2 Å². The fourth-order valence-electron chi connectivity index (χ4n) is 1.07. The average molecular weight is 357 g/mol. The van der Waals surface area contributed by atoms with Gasteiger partial charge in [0.05, 0.1) is 0 Å². The van der Waals surface area contributed by atoms with Gasteiger partial charge in [-0.15, -0.1) is 31.2 Å². The molecular formula is C9H11Cl2F4Zr-. The Balaban J connectivity index is -0.000000563. The van der Waals surface area contributed by atoms with Gasteiger partial charge in [-0.05, 0) is 6.42 Å². The molecule has 1 rings (SSSR count). The largest absolute Gasteiger partial charge is 0.272 e. The predicted octanol–water partition coefficient (Wildman–Crippen LogP) is 3.85. The first-order chi connectivity index (χ1) is 6.11. The van der Waals surface area contributed by atoms with Crippen LogP contribution >= 0.6 is 24.8 Å². The number of halogens is 6. The molecule has 0 saturated heterocycles. The summed E-state index contributed by atoms with van der Waals surface area (Å²) in [6, 6.07) is 0. The van der Waals surface area contributed by atoms with E-state index in [0.717, 1.165) is 0 Å². The van der Waals surface area contributed by atoms with E-state index in [1.54, 1.807) is 12.2 Å². The van der Waals surface area contributed by atoms with Gasteiger partial charge in [-0.3, -0.25) is 6.08 Å². The van der Waals surface area contributed by atoms with Crippen molar-refractivity contribution in [2.45, 2.75) is 31.6 Å². The third kappa shape index (κ3) is 7.08. The zero-order valence-electron chi connectivity index (χ0n) is 8.13. The van der Waals surface area contributed by atoms with Gasteiger partial charge in [0.25, 0.3) is 6.43 Å². The SMILES string of the molecule is Cl.Cl.FC(F)C(F)C(F)CC1=[C-]CC=C1.[Zr]. The third-order valence-electron chi connectivity index (χ3n) is 1.77. The van der Waals surface area contributed by atoms with Crippen molar-refractivity contribution in [3.05, 3.63) is 23.8 Å². The van der Waals surface area contributed by atoms with E-state index in [9.17, 15) is 17.6 Å². The van der Waals surface area contributed by atoms with Crippen LogP contribution < -0.4 is 0 Å². The monoisotopic (exact) mass is 355 g/mol. The van der Waals surface area contributed by atoms with Crippen LogP contribution in [0.25, 0.3) is 0 Å². The van der Waals surface area contributed by atoms with Crippen LogP contribution in [0.5, 0.6) is 0 Å². The topological polar surface area (TPSA) is 0 Å². The molecule has 0 amide bonds. The van der Waals surface area contributed by atoms with E-state index in [2.05, 4.69) is 6.08 Å². The first-order valence-electron chi connectivity index (χ1n) is 3.94. The molecule has 0 aliphatic heterocycles. The Morgan fingerprint density at radius 3 is 2.12 bits per heavy atom. The van der Waals surface area contributed by atoms with Crippen molar-refractivity contribution in [2.24, 2.45) is 0 Å². The minimum atomic E-state index is -3.25. The molecule has 16 heavy (non-hydrogen) atoms. The Labute approximate surface area is 123 Å². The van der Waals surface area contributed by atoms with Crippen molar-refractivity contribution in [2.75, 3.05) is 0 Å². The molecule has 1 aliphatic carbocycles. The molecule has 0 aromatic carbocycles. The van der Waals surface area contributed by atoms with E-state index in [-0.39, 0.29) is 57.4 Å². The molecule has 2 unspecified atom stereocenters. The Hall–Kier alpha value is 0.663. The molecule has 94 valence electrons. The van der Waals surface area contributed by atoms with Crippen LogP contribution in [0.2, 0.25) is 0 Å². The molecule has 0 fully saturated rings. The van der Waals surface area contributed by atoms with Crippen LogP contribution in [0.1, 0.15) is 12.8 Å². The molecule has 0 N–H and O–H groups in total. The Morgan fingerprint density at radius 1 is 1.19 bits per heavy atom. The molecule has 2 atom stereocenters. The van der Waals surface area contributed by atoms with Gasteiger partial charge >= 0.3 is 0 Å². The number of allylic oxidation sites excluding steroid dienone is 4. The molecule has 0 bridgehead atoms. The van der Waals surface area contributed by atoms with E-state index in [0.29, 0.717) is 12.0 Å². The Morgan fingerprint density at radius 2 is 1.75 bits per heavy atom. The molecule has 0 aromatic rings. The summed E-state index contributed by atoms with van der Waals surface area (Å²) in [6.45, 7) is 0. The first-order valence-corrected chi connectivity index (χ1v) is 3.94. The van der Waals surface area contributed by atoms with Crippen LogP contribution in [0.15, 0.2) is 17.7 Å². The van der Waals surface area contributed by atoms with Crippen LogP contribution in [-0.2, 0) is 26.2 Å². The number of alkyl halides is 4. The van der Waals surface area contributed by atoms with Crippen molar-refractivity contribution in [3.8, 4) is 0 Å².